The maximum Gasteiger partial charge on any atom is 0.269 e. The van der Waals surface area contributed by atoms with Gasteiger partial charge in [0.2, 0.25) is 0 Å². The van der Waals surface area contributed by atoms with Crippen molar-refractivity contribution in [3.63, 3.8) is 0 Å². The highest BCUT2D eigenvalue weighted by Crippen LogP contribution is 2.41. The van der Waals surface area contributed by atoms with Gasteiger partial charge >= 0.3 is 0 Å². The van der Waals surface area contributed by atoms with Crippen LogP contribution in [0.4, 0.5) is 5.69 Å². The van der Waals surface area contributed by atoms with Crippen LogP contribution < -0.4 is 5.73 Å². The van der Waals surface area contributed by atoms with E-state index in [1.807, 2.05) is 0 Å². The van der Waals surface area contributed by atoms with E-state index in [1.54, 1.807) is 18.3 Å². The standard InChI is InChI=1S/C12H12N4O2/c13-12(5-6-12)11-14-7-10(15-11)8-1-3-9(4-2-8)16(17)18/h1-4,7H,5-6,13H2,(H,14,15). The van der Waals surface area contributed by atoms with Crippen molar-refractivity contribution < 1.29 is 4.92 Å². The molecule has 6 heteroatoms. The minimum absolute atomic E-state index is 0.0796. The Morgan fingerprint density at radius 1 is 1.33 bits per heavy atom. The number of non-ortho nitro benzene ring substituents is 1. The molecular formula is C12H12N4O2. The highest BCUT2D eigenvalue weighted by atomic mass is 16.6. The van der Waals surface area contributed by atoms with Crippen LogP contribution in [0.15, 0.2) is 30.5 Å². The van der Waals surface area contributed by atoms with Crippen LogP contribution in [0.25, 0.3) is 11.3 Å². The largest absolute Gasteiger partial charge is 0.340 e. The normalized spacial score (nSPS) is 16.5. The number of nitrogens with two attached hydrogens (primary N) is 1. The summed E-state index contributed by atoms with van der Waals surface area (Å²) in [4.78, 5) is 17.6. The highest BCUT2D eigenvalue weighted by Gasteiger charge is 2.42. The van der Waals surface area contributed by atoms with Crippen LogP contribution in [-0.4, -0.2) is 14.9 Å². The number of aromatic amines is 1. The SMILES string of the molecule is NC1(c2ncc(-c3ccc([N+](=O)[O-])cc3)[nH]2)CC1. The van der Waals surface area contributed by atoms with E-state index in [1.165, 1.54) is 12.1 Å². The van der Waals surface area contributed by atoms with Gasteiger partial charge in [-0.15, -0.1) is 0 Å². The lowest BCUT2D eigenvalue weighted by molar-refractivity contribution is -0.384. The van der Waals surface area contributed by atoms with Crippen molar-refractivity contribution in [2.75, 3.05) is 0 Å². The number of rotatable bonds is 3. The van der Waals surface area contributed by atoms with E-state index in [0.29, 0.717) is 0 Å². The molecule has 1 aromatic carbocycles. The first-order chi connectivity index (χ1) is 8.58. The topological polar surface area (TPSA) is 97.8 Å². The second-order valence-electron chi connectivity index (χ2n) is 4.61. The van der Waals surface area contributed by atoms with Gasteiger partial charge in [-0.3, -0.25) is 10.1 Å². The molecule has 3 rings (SSSR count). The van der Waals surface area contributed by atoms with Crippen LogP contribution in [-0.2, 0) is 5.54 Å². The van der Waals surface area contributed by atoms with Gasteiger partial charge in [-0.2, -0.15) is 0 Å². The van der Waals surface area contributed by atoms with E-state index in [2.05, 4.69) is 9.97 Å². The summed E-state index contributed by atoms with van der Waals surface area (Å²) in [5, 5.41) is 10.6. The zero-order valence-corrected chi connectivity index (χ0v) is 9.59. The van der Waals surface area contributed by atoms with E-state index >= 15 is 0 Å². The number of nitro benzene ring substituents is 1. The van der Waals surface area contributed by atoms with E-state index in [-0.39, 0.29) is 11.2 Å². The summed E-state index contributed by atoms with van der Waals surface area (Å²) >= 11 is 0. The van der Waals surface area contributed by atoms with Gasteiger partial charge in [0.1, 0.15) is 5.82 Å². The Bertz CT molecular complexity index is 599. The molecule has 6 nitrogen and oxygen atoms in total. The minimum Gasteiger partial charge on any atom is -0.340 e. The van der Waals surface area contributed by atoms with Crippen LogP contribution in [0.2, 0.25) is 0 Å². The van der Waals surface area contributed by atoms with Gasteiger partial charge in [-0.05, 0) is 25.0 Å². The van der Waals surface area contributed by atoms with Crippen molar-refractivity contribution in [1.29, 1.82) is 0 Å². The maximum atomic E-state index is 10.6. The van der Waals surface area contributed by atoms with Gasteiger partial charge in [0.25, 0.3) is 5.69 Å². The number of hydrogen-bond acceptors (Lipinski definition) is 4. The lowest BCUT2D eigenvalue weighted by Gasteiger charge is -2.03. The van der Waals surface area contributed by atoms with Crippen LogP contribution >= 0.6 is 0 Å². The van der Waals surface area contributed by atoms with Gasteiger partial charge in [0, 0.05) is 17.7 Å². The predicted molar refractivity (Wildman–Crippen MR) is 65.8 cm³/mol. The van der Waals surface area contributed by atoms with Crippen molar-refractivity contribution in [1.82, 2.24) is 9.97 Å². The number of imidazole rings is 1. The fourth-order valence-corrected chi connectivity index (χ4v) is 1.86. The molecule has 18 heavy (non-hydrogen) atoms. The molecule has 1 aromatic heterocycles. The van der Waals surface area contributed by atoms with Crippen LogP contribution in [0.5, 0.6) is 0 Å². The molecule has 0 bridgehead atoms. The summed E-state index contributed by atoms with van der Waals surface area (Å²) in [6.07, 6.45) is 3.60. The minimum atomic E-state index is -0.415. The van der Waals surface area contributed by atoms with Crippen LogP contribution in [0.1, 0.15) is 18.7 Å². The first-order valence-electron chi connectivity index (χ1n) is 5.68. The Labute approximate surface area is 103 Å². The molecule has 0 amide bonds. The molecule has 92 valence electrons. The average molecular weight is 244 g/mol. The number of aromatic nitrogens is 2. The molecule has 3 N–H and O–H groups in total. The Morgan fingerprint density at radius 2 is 2.00 bits per heavy atom. The maximum absolute atomic E-state index is 10.6. The summed E-state index contributed by atoms with van der Waals surface area (Å²) in [5.41, 5.74) is 7.52. The first-order valence-corrected chi connectivity index (χ1v) is 5.68. The number of benzene rings is 1. The third-order valence-electron chi connectivity index (χ3n) is 3.23. The van der Waals surface area contributed by atoms with Crippen molar-refractivity contribution in [2.45, 2.75) is 18.4 Å². The Morgan fingerprint density at radius 3 is 2.56 bits per heavy atom. The van der Waals surface area contributed by atoms with Gasteiger partial charge < -0.3 is 10.7 Å². The number of H-pyrrole nitrogens is 1. The second-order valence-corrected chi connectivity index (χ2v) is 4.61. The monoisotopic (exact) mass is 244 g/mol. The Kier molecular flexibility index (Phi) is 2.21. The fraction of sp³-hybridized carbons (Fsp3) is 0.250. The van der Waals surface area contributed by atoms with Crippen molar-refractivity contribution in [3.8, 4) is 11.3 Å². The number of nitro groups is 1. The Hall–Kier alpha value is -2.21. The van der Waals surface area contributed by atoms with Crippen LogP contribution in [0, 0.1) is 10.1 Å². The summed E-state index contributed by atoms with van der Waals surface area (Å²) in [6, 6.07) is 6.35. The molecule has 0 spiro atoms. The number of nitrogens with zero attached hydrogens (tertiary/aromatic N) is 2. The summed E-state index contributed by atoms with van der Waals surface area (Å²) < 4.78 is 0. The molecule has 0 aliphatic heterocycles. The summed E-state index contributed by atoms with van der Waals surface area (Å²) in [5.74, 6) is 0.788. The fourth-order valence-electron chi connectivity index (χ4n) is 1.86. The van der Waals surface area contributed by atoms with Gasteiger partial charge in [0.15, 0.2) is 0 Å². The molecule has 0 atom stereocenters. The van der Waals surface area contributed by atoms with E-state index in [9.17, 15) is 10.1 Å². The molecule has 0 saturated heterocycles. The first kappa shape index (κ1) is 10.9. The molecular weight excluding hydrogens is 232 g/mol. The molecule has 1 aliphatic carbocycles. The number of nitrogens with one attached hydrogen (secondary N) is 1. The lowest BCUT2D eigenvalue weighted by atomic mass is 10.1. The van der Waals surface area contributed by atoms with E-state index in [4.69, 9.17) is 5.73 Å². The highest BCUT2D eigenvalue weighted by molar-refractivity contribution is 5.60. The van der Waals surface area contributed by atoms with Crippen LogP contribution in [0.3, 0.4) is 0 Å². The molecule has 1 aliphatic rings. The zero-order valence-electron chi connectivity index (χ0n) is 9.59. The van der Waals surface area contributed by atoms with Gasteiger partial charge in [-0.1, -0.05) is 0 Å². The molecule has 1 saturated carbocycles. The lowest BCUT2D eigenvalue weighted by Crippen LogP contribution is -2.20. The van der Waals surface area contributed by atoms with Crippen molar-refractivity contribution in [2.24, 2.45) is 5.73 Å². The van der Waals surface area contributed by atoms with E-state index < -0.39 is 4.92 Å². The zero-order chi connectivity index (χ0) is 12.8. The molecule has 1 fully saturated rings. The van der Waals surface area contributed by atoms with Gasteiger partial charge in [0.05, 0.1) is 22.4 Å². The van der Waals surface area contributed by atoms with Crippen molar-refractivity contribution in [3.05, 3.63) is 46.4 Å². The third-order valence-corrected chi connectivity index (χ3v) is 3.23. The average Bonchev–Trinajstić information content (AvgIpc) is 2.94. The molecule has 0 radical (unpaired) electrons. The molecule has 2 aromatic rings. The molecule has 0 unspecified atom stereocenters. The summed E-state index contributed by atoms with van der Waals surface area (Å²) in [7, 11) is 0. The van der Waals surface area contributed by atoms with Crippen molar-refractivity contribution >= 4 is 5.69 Å². The third kappa shape index (κ3) is 1.76. The number of hydrogen-bond donors (Lipinski definition) is 2. The smallest absolute Gasteiger partial charge is 0.269 e. The summed E-state index contributed by atoms with van der Waals surface area (Å²) in [6.45, 7) is 0. The predicted octanol–water partition coefficient (Wildman–Crippen LogP) is 1.93. The quantitative estimate of drug-likeness (QED) is 0.636. The van der Waals surface area contributed by atoms with E-state index in [0.717, 1.165) is 29.9 Å². The Balaban J connectivity index is 1.90. The second kappa shape index (κ2) is 3.64. The van der Waals surface area contributed by atoms with Gasteiger partial charge in [-0.25, -0.2) is 4.98 Å². The molecule has 1 heterocycles.